The molecule has 1 saturated heterocycles. The second-order valence-corrected chi connectivity index (χ2v) is 12.3. The van der Waals surface area contributed by atoms with Crippen LogP contribution < -0.4 is 5.73 Å². The fourth-order valence-corrected chi connectivity index (χ4v) is 6.32. The molecule has 3 aromatic rings. The van der Waals surface area contributed by atoms with E-state index >= 15 is 0 Å². The smallest absolute Gasteiger partial charge is 0.273 e. The lowest BCUT2D eigenvalue weighted by Crippen LogP contribution is -2.53. The molecule has 224 valence electrons. The van der Waals surface area contributed by atoms with E-state index in [2.05, 4.69) is 4.99 Å². The normalized spacial score (nSPS) is 15.5. The van der Waals surface area contributed by atoms with Gasteiger partial charge in [-0.1, -0.05) is 31.2 Å². The molecule has 2 aliphatic heterocycles. The van der Waals surface area contributed by atoms with Gasteiger partial charge in [-0.2, -0.15) is 4.31 Å². The minimum Gasteiger partial charge on any atom is -0.390 e. The van der Waals surface area contributed by atoms with Gasteiger partial charge in [0.25, 0.3) is 11.6 Å². The van der Waals surface area contributed by atoms with Crippen LogP contribution in [0.4, 0.5) is 11.4 Å². The lowest BCUT2D eigenvalue weighted by molar-refractivity contribution is -0.384. The summed E-state index contributed by atoms with van der Waals surface area (Å²) in [7, 11) is -3.72. The first-order valence-corrected chi connectivity index (χ1v) is 15.1. The van der Waals surface area contributed by atoms with Crippen LogP contribution >= 0.6 is 0 Å². The van der Waals surface area contributed by atoms with Crippen LogP contribution in [0.5, 0.6) is 0 Å². The van der Waals surface area contributed by atoms with E-state index in [9.17, 15) is 28.4 Å². The average molecular weight is 606 g/mol. The van der Waals surface area contributed by atoms with Gasteiger partial charge >= 0.3 is 0 Å². The van der Waals surface area contributed by atoms with E-state index in [0.29, 0.717) is 40.9 Å². The fraction of sp³-hybridized carbons (Fsp3) is 0.267. The van der Waals surface area contributed by atoms with Crippen molar-refractivity contribution in [2.75, 3.05) is 19.6 Å². The SMILES string of the molecule is CCCN(OCc1ccc([N+](=O)[O-])cc1)C(=O)C1=Cc2ccc(-c3cccc(S(=O)(=O)N4CC(O)C4)c3)cc2N=C(N)C1. The molecule has 0 radical (unpaired) electrons. The summed E-state index contributed by atoms with van der Waals surface area (Å²) in [6, 6.07) is 17.9. The predicted molar refractivity (Wildman–Crippen MR) is 160 cm³/mol. The summed E-state index contributed by atoms with van der Waals surface area (Å²) in [5.41, 5.74) is 9.84. The number of nitro benzene ring substituents is 1. The number of fused-ring (bicyclic) bond motifs is 1. The van der Waals surface area contributed by atoms with E-state index in [1.54, 1.807) is 48.5 Å². The molecular formula is C30H31N5O7S. The Kier molecular flexibility index (Phi) is 8.69. The quantitative estimate of drug-likeness (QED) is 0.260. The first-order chi connectivity index (χ1) is 20.5. The highest BCUT2D eigenvalue weighted by Crippen LogP contribution is 2.33. The van der Waals surface area contributed by atoms with Crippen molar-refractivity contribution in [3.05, 3.63) is 93.5 Å². The number of nitro groups is 1. The molecule has 12 nitrogen and oxygen atoms in total. The van der Waals surface area contributed by atoms with Crippen LogP contribution in [0.25, 0.3) is 17.2 Å². The van der Waals surface area contributed by atoms with Crippen molar-refractivity contribution in [2.45, 2.75) is 37.4 Å². The number of amidine groups is 1. The molecule has 3 N–H and O–H groups in total. The van der Waals surface area contributed by atoms with Crippen LogP contribution in [0.2, 0.25) is 0 Å². The maximum Gasteiger partial charge on any atom is 0.273 e. The molecule has 0 spiro atoms. The summed E-state index contributed by atoms with van der Waals surface area (Å²) >= 11 is 0. The zero-order valence-corrected chi connectivity index (χ0v) is 24.2. The monoisotopic (exact) mass is 605 g/mol. The Morgan fingerprint density at radius 3 is 2.53 bits per heavy atom. The third-order valence-electron chi connectivity index (χ3n) is 7.09. The van der Waals surface area contributed by atoms with E-state index in [4.69, 9.17) is 10.6 Å². The third kappa shape index (κ3) is 6.65. The largest absolute Gasteiger partial charge is 0.390 e. The number of nitrogens with zero attached hydrogens (tertiary/aromatic N) is 4. The number of aliphatic imine (C=N–C) groups is 1. The minimum absolute atomic E-state index is 0.0319. The molecule has 3 aromatic carbocycles. The number of hydrogen-bond acceptors (Lipinski definition) is 9. The number of non-ortho nitro benzene ring substituents is 1. The van der Waals surface area contributed by atoms with Crippen LogP contribution in [0.15, 0.2) is 82.2 Å². The molecule has 0 unspecified atom stereocenters. The van der Waals surface area contributed by atoms with Crippen LogP contribution in [0.3, 0.4) is 0 Å². The fourth-order valence-electron chi connectivity index (χ4n) is 4.76. The topological polar surface area (TPSA) is 169 Å². The molecule has 5 rings (SSSR count). The molecular weight excluding hydrogens is 574 g/mol. The summed E-state index contributed by atoms with van der Waals surface area (Å²) in [5, 5.41) is 21.7. The number of benzene rings is 3. The summed E-state index contributed by atoms with van der Waals surface area (Å²) in [6.07, 6.45) is 1.81. The van der Waals surface area contributed by atoms with E-state index in [1.165, 1.54) is 27.6 Å². The summed E-state index contributed by atoms with van der Waals surface area (Å²) < 4.78 is 27.1. The van der Waals surface area contributed by atoms with E-state index in [1.807, 2.05) is 13.0 Å². The number of aliphatic hydroxyl groups is 1. The first-order valence-electron chi connectivity index (χ1n) is 13.7. The Bertz CT molecular complexity index is 1710. The van der Waals surface area contributed by atoms with E-state index in [-0.39, 0.29) is 48.4 Å². The molecule has 0 aliphatic carbocycles. The van der Waals surface area contributed by atoms with Gasteiger partial charge in [0.15, 0.2) is 0 Å². The van der Waals surface area contributed by atoms with Gasteiger partial charge in [-0.25, -0.2) is 18.5 Å². The van der Waals surface area contributed by atoms with Gasteiger partial charge in [-0.05, 0) is 59.5 Å². The number of hydroxylamine groups is 2. The molecule has 0 atom stereocenters. The van der Waals surface area contributed by atoms with Crippen molar-refractivity contribution in [1.82, 2.24) is 9.37 Å². The van der Waals surface area contributed by atoms with Gasteiger partial charge < -0.3 is 10.8 Å². The number of carbonyl (C=O) groups excluding carboxylic acids is 1. The maximum absolute atomic E-state index is 13.5. The summed E-state index contributed by atoms with van der Waals surface area (Å²) in [5.74, 6) is -0.136. The number of nitrogens with two attached hydrogens (primary N) is 1. The zero-order chi connectivity index (χ0) is 30.7. The van der Waals surface area contributed by atoms with Crippen molar-refractivity contribution < 1.29 is 28.1 Å². The highest BCUT2D eigenvalue weighted by atomic mass is 32.2. The number of β-amino-alcohol motifs (C(OH)–C–C–N with tert-alkyl or cyclic N) is 1. The highest BCUT2D eigenvalue weighted by Gasteiger charge is 2.35. The molecule has 0 bridgehead atoms. The second-order valence-electron chi connectivity index (χ2n) is 10.3. The van der Waals surface area contributed by atoms with Gasteiger partial charge in [-0.3, -0.25) is 19.7 Å². The predicted octanol–water partition coefficient (Wildman–Crippen LogP) is 3.77. The van der Waals surface area contributed by atoms with Gasteiger partial charge in [0.1, 0.15) is 12.4 Å². The summed E-state index contributed by atoms with van der Waals surface area (Å²) in [4.78, 5) is 34.5. The number of rotatable bonds is 10. The van der Waals surface area contributed by atoms with Crippen molar-refractivity contribution in [3.8, 4) is 11.1 Å². The molecule has 1 fully saturated rings. The molecule has 13 heteroatoms. The number of hydrogen-bond donors (Lipinski definition) is 2. The van der Waals surface area contributed by atoms with Gasteiger partial charge in [0, 0.05) is 49.3 Å². The number of carbonyl (C=O) groups is 1. The lowest BCUT2D eigenvalue weighted by atomic mass is 10.0. The van der Waals surface area contributed by atoms with E-state index < -0.39 is 21.1 Å². The lowest BCUT2D eigenvalue weighted by Gasteiger charge is -2.34. The molecule has 43 heavy (non-hydrogen) atoms. The summed E-state index contributed by atoms with van der Waals surface area (Å²) in [6.45, 7) is 2.43. The number of aliphatic hydroxyl groups excluding tert-OH is 1. The van der Waals surface area contributed by atoms with E-state index in [0.717, 1.165) is 5.56 Å². The van der Waals surface area contributed by atoms with Crippen LogP contribution in [-0.2, 0) is 26.3 Å². The molecule has 2 heterocycles. The molecule has 0 aromatic heterocycles. The van der Waals surface area contributed by atoms with Crippen molar-refractivity contribution in [3.63, 3.8) is 0 Å². The van der Waals surface area contributed by atoms with Crippen molar-refractivity contribution in [2.24, 2.45) is 10.7 Å². The van der Waals surface area contributed by atoms with Crippen molar-refractivity contribution >= 4 is 39.2 Å². The Morgan fingerprint density at radius 1 is 1.14 bits per heavy atom. The second kappa shape index (κ2) is 12.4. The number of sulfonamides is 1. The Labute approximate surface area is 248 Å². The standard InChI is InChI=1S/C30H31N5O7S/c1-2-12-34(42-19-20-6-10-25(11-7-20)35(38)39)30(37)24-13-23-9-8-22(15-28(23)32-29(31)16-24)21-4-3-5-27(14-21)43(40,41)33-17-26(36)18-33/h3-11,13-15,26,36H,2,12,16-19H2,1H3,(H2,31,32). The highest BCUT2D eigenvalue weighted by molar-refractivity contribution is 7.89. The Balaban J connectivity index is 1.37. The zero-order valence-electron chi connectivity index (χ0n) is 23.4. The van der Waals surface area contributed by atoms with Crippen LogP contribution in [0, 0.1) is 10.1 Å². The van der Waals surface area contributed by atoms with Gasteiger partial charge in [0.2, 0.25) is 10.0 Å². The average Bonchev–Trinajstić information content (AvgIpc) is 3.15. The van der Waals surface area contributed by atoms with Gasteiger partial charge in [0.05, 0.1) is 21.6 Å². The first kappa shape index (κ1) is 30.0. The molecule has 1 amide bonds. The van der Waals surface area contributed by atoms with Gasteiger partial charge in [-0.15, -0.1) is 0 Å². The molecule has 0 saturated carbocycles. The van der Waals surface area contributed by atoms with Crippen LogP contribution in [-0.4, -0.2) is 65.3 Å². The van der Waals surface area contributed by atoms with Crippen molar-refractivity contribution in [1.29, 1.82) is 0 Å². The minimum atomic E-state index is -3.72. The number of amides is 1. The third-order valence-corrected chi connectivity index (χ3v) is 8.92. The Morgan fingerprint density at radius 2 is 1.86 bits per heavy atom. The Hall–Kier alpha value is -4.43. The molecule has 2 aliphatic rings. The van der Waals surface area contributed by atoms with Crippen LogP contribution in [0.1, 0.15) is 30.9 Å². The maximum atomic E-state index is 13.5.